The summed E-state index contributed by atoms with van der Waals surface area (Å²) in [4.78, 5) is 11.3. The lowest BCUT2D eigenvalue weighted by molar-refractivity contribution is -0.120. The van der Waals surface area contributed by atoms with Crippen LogP contribution in [0.4, 0.5) is 0 Å². The van der Waals surface area contributed by atoms with E-state index in [4.69, 9.17) is 4.74 Å². The van der Waals surface area contributed by atoms with Crippen LogP contribution in [0.5, 0.6) is 5.75 Å². The molecule has 0 aliphatic heterocycles. The van der Waals surface area contributed by atoms with E-state index >= 15 is 0 Å². The minimum atomic E-state index is 0.0442. The predicted octanol–water partition coefficient (Wildman–Crippen LogP) is 1.70. The molecule has 0 saturated heterocycles. The molecule has 18 heavy (non-hydrogen) atoms. The fraction of sp³-hybridized carbons (Fsp3) is 0.500. The predicted molar refractivity (Wildman–Crippen MR) is 72.6 cm³/mol. The Morgan fingerprint density at radius 3 is 2.56 bits per heavy atom. The van der Waals surface area contributed by atoms with Gasteiger partial charge < -0.3 is 15.4 Å². The summed E-state index contributed by atoms with van der Waals surface area (Å²) in [5, 5.41) is 5.93. The highest BCUT2D eigenvalue weighted by atomic mass is 16.5. The Morgan fingerprint density at radius 2 is 1.94 bits per heavy atom. The molecule has 0 aliphatic carbocycles. The van der Waals surface area contributed by atoms with E-state index in [9.17, 15) is 4.79 Å². The Bertz CT molecular complexity index is 349. The molecule has 4 nitrogen and oxygen atoms in total. The van der Waals surface area contributed by atoms with E-state index in [-0.39, 0.29) is 5.91 Å². The molecule has 4 heteroatoms. The van der Waals surface area contributed by atoms with Gasteiger partial charge in [-0.1, -0.05) is 19.1 Å². The van der Waals surface area contributed by atoms with Gasteiger partial charge in [0.1, 0.15) is 5.75 Å². The molecule has 0 spiro atoms. The Morgan fingerprint density at radius 1 is 1.22 bits per heavy atom. The van der Waals surface area contributed by atoms with Crippen LogP contribution in [-0.2, 0) is 11.3 Å². The van der Waals surface area contributed by atoms with E-state index in [2.05, 4.69) is 10.6 Å². The fourth-order valence-electron chi connectivity index (χ4n) is 1.52. The molecule has 2 N–H and O–H groups in total. The van der Waals surface area contributed by atoms with Crippen LogP contribution < -0.4 is 15.4 Å². The first-order valence-electron chi connectivity index (χ1n) is 6.45. The molecular formula is C14H22N2O2. The zero-order chi connectivity index (χ0) is 13.2. The van der Waals surface area contributed by atoms with Crippen LogP contribution in [0.3, 0.4) is 0 Å². The van der Waals surface area contributed by atoms with Gasteiger partial charge in [-0.2, -0.15) is 0 Å². The van der Waals surface area contributed by atoms with Crippen molar-refractivity contribution in [2.24, 2.45) is 0 Å². The van der Waals surface area contributed by atoms with E-state index in [1.54, 1.807) is 0 Å². The molecule has 0 radical (unpaired) electrons. The Kier molecular flexibility index (Phi) is 6.87. The molecule has 0 aliphatic rings. The largest absolute Gasteiger partial charge is 0.494 e. The monoisotopic (exact) mass is 250 g/mol. The Balaban J connectivity index is 2.24. The zero-order valence-corrected chi connectivity index (χ0v) is 11.2. The minimum Gasteiger partial charge on any atom is -0.494 e. The summed E-state index contributed by atoms with van der Waals surface area (Å²) in [7, 11) is 0. The lowest BCUT2D eigenvalue weighted by Gasteiger charge is -2.07. The van der Waals surface area contributed by atoms with E-state index in [1.165, 1.54) is 0 Å². The van der Waals surface area contributed by atoms with Gasteiger partial charge >= 0.3 is 0 Å². The molecule has 0 heterocycles. The van der Waals surface area contributed by atoms with Crippen LogP contribution in [0.1, 0.15) is 25.8 Å². The third-order valence-electron chi connectivity index (χ3n) is 2.42. The second kappa shape index (κ2) is 8.53. The van der Waals surface area contributed by atoms with Gasteiger partial charge in [-0.25, -0.2) is 0 Å². The third kappa shape index (κ3) is 5.68. The van der Waals surface area contributed by atoms with Crippen molar-refractivity contribution in [3.8, 4) is 5.75 Å². The molecule has 0 aromatic heterocycles. The van der Waals surface area contributed by atoms with Crippen LogP contribution in [-0.4, -0.2) is 25.6 Å². The van der Waals surface area contributed by atoms with Gasteiger partial charge in [0.25, 0.3) is 0 Å². The first-order chi connectivity index (χ1) is 8.76. The summed E-state index contributed by atoms with van der Waals surface area (Å²) in [6.07, 6.45) is 0.963. The van der Waals surface area contributed by atoms with Crippen LogP contribution in [0.25, 0.3) is 0 Å². The molecule has 1 aromatic carbocycles. The number of benzene rings is 1. The summed E-state index contributed by atoms with van der Waals surface area (Å²) >= 11 is 0. The quantitative estimate of drug-likeness (QED) is 0.738. The van der Waals surface area contributed by atoms with Crippen molar-refractivity contribution in [1.82, 2.24) is 10.6 Å². The number of ether oxygens (including phenoxy) is 1. The lowest BCUT2D eigenvalue weighted by Crippen LogP contribution is -2.33. The summed E-state index contributed by atoms with van der Waals surface area (Å²) in [5.74, 6) is 0.921. The lowest BCUT2D eigenvalue weighted by atomic mass is 10.2. The molecule has 1 rings (SSSR count). The SMILES string of the molecule is CCCNC(=O)CNCc1ccc(OCC)cc1. The van der Waals surface area contributed by atoms with Crippen molar-refractivity contribution in [3.05, 3.63) is 29.8 Å². The minimum absolute atomic E-state index is 0.0442. The summed E-state index contributed by atoms with van der Waals surface area (Å²) in [6.45, 7) is 6.45. The number of carbonyl (C=O) groups excluding carboxylic acids is 1. The molecule has 0 bridgehead atoms. The van der Waals surface area contributed by atoms with E-state index < -0.39 is 0 Å². The molecule has 0 atom stereocenters. The Hall–Kier alpha value is -1.55. The number of rotatable bonds is 8. The summed E-state index contributed by atoms with van der Waals surface area (Å²) < 4.78 is 5.36. The van der Waals surface area contributed by atoms with E-state index in [0.717, 1.165) is 24.3 Å². The third-order valence-corrected chi connectivity index (χ3v) is 2.42. The number of carbonyl (C=O) groups is 1. The molecule has 100 valence electrons. The maximum atomic E-state index is 11.3. The molecule has 1 aromatic rings. The highest BCUT2D eigenvalue weighted by molar-refractivity contribution is 5.77. The normalized spacial score (nSPS) is 10.1. The van der Waals surface area contributed by atoms with Crippen LogP contribution >= 0.6 is 0 Å². The van der Waals surface area contributed by atoms with E-state index in [0.29, 0.717) is 19.7 Å². The van der Waals surface area contributed by atoms with Crippen molar-refractivity contribution in [2.75, 3.05) is 19.7 Å². The van der Waals surface area contributed by atoms with Crippen molar-refractivity contribution < 1.29 is 9.53 Å². The standard InChI is InChI=1S/C14H22N2O2/c1-3-9-16-14(17)11-15-10-12-5-7-13(8-6-12)18-4-2/h5-8,15H,3-4,9-11H2,1-2H3,(H,16,17). The van der Waals surface area contributed by atoms with Crippen molar-refractivity contribution >= 4 is 5.91 Å². The molecule has 0 unspecified atom stereocenters. The average Bonchev–Trinajstić information content (AvgIpc) is 2.39. The average molecular weight is 250 g/mol. The van der Waals surface area contributed by atoms with E-state index in [1.807, 2.05) is 38.1 Å². The number of nitrogens with one attached hydrogen (secondary N) is 2. The Labute approximate surface area is 109 Å². The smallest absolute Gasteiger partial charge is 0.233 e. The van der Waals surface area contributed by atoms with Gasteiger partial charge in [0.05, 0.1) is 13.2 Å². The number of amides is 1. The maximum absolute atomic E-state index is 11.3. The fourth-order valence-corrected chi connectivity index (χ4v) is 1.52. The van der Waals surface area contributed by atoms with Gasteiger partial charge in [0, 0.05) is 13.1 Å². The van der Waals surface area contributed by atoms with Gasteiger partial charge in [0.2, 0.25) is 5.91 Å². The molecular weight excluding hydrogens is 228 g/mol. The first-order valence-corrected chi connectivity index (χ1v) is 6.45. The maximum Gasteiger partial charge on any atom is 0.233 e. The van der Waals surface area contributed by atoms with Crippen LogP contribution in [0, 0.1) is 0 Å². The van der Waals surface area contributed by atoms with Crippen molar-refractivity contribution in [2.45, 2.75) is 26.8 Å². The van der Waals surface area contributed by atoms with Gasteiger partial charge in [-0.3, -0.25) is 4.79 Å². The number of hydrogen-bond donors (Lipinski definition) is 2. The number of hydrogen-bond acceptors (Lipinski definition) is 3. The first kappa shape index (κ1) is 14.5. The second-order valence-corrected chi connectivity index (χ2v) is 4.03. The van der Waals surface area contributed by atoms with Crippen molar-refractivity contribution in [1.29, 1.82) is 0 Å². The molecule has 0 saturated carbocycles. The second-order valence-electron chi connectivity index (χ2n) is 4.03. The summed E-state index contributed by atoms with van der Waals surface area (Å²) in [6, 6.07) is 7.89. The van der Waals surface area contributed by atoms with Gasteiger partial charge in [-0.15, -0.1) is 0 Å². The van der Waals surface area contributed by atoms with Crippen LogP contribution in [0.15, 0.2) is 24.3 Å². The highest BCUT2D eigenvalue weighted by Gasteiger charge is 1.99. The molecule has 0 fully saturated rings. The van der Waals surface area contributed by atoms with Crippen molar-refractivity contribution in [3.63, 3.8) is 0 Å². The van der Waals surface area contributed by atoms with Gasteiger partial charge in [0.15, 0.2) is 0 Å². The summed E-state index contributed by atoms with van der Waals surface area (Å²) in [5.41, 5.74) is 1.14. The molecule has 1 amide bonds. The topological polar surface area (TPSA) is 50.4 Å². The van der Waals surface area contributed by atoms with Crippen LogP contribution in [0.2, 0.25) is 0 Å². The highest BCUT2D eigenvalue weighted by Crippen LogP contribution is 2.11. The zero-order valence-electron chi connectivity index (χ0n) is 11.2. The van der Waals surface area contributed by atoms with Gasteiger partial charge in [-0.05, 0) is 31.0 Å².